The Balaban J connectivity index is 1.76. The van der Waals surface area contributed by atoms with Crippen LogP contribution in [0.1, 0.15) is 54.6 Å². The molecule has 0 aromatic heterocycles. The maximum atomic E-state index is 12.7. The minimum Gasteiger partial charge on any atom is -0.445 e. The molecule has 0 aliphatic carbocycles. The van der Waals surface area contributed by atoms with Gasteiger partial charge in [-0.3, -0.25) is 4.79 Å². The van der Waals surface area contributed by atoms with Gasteiger partial charge in [0.25, 0.3) is 5.91 Å². The molecule has 2 unspecified atom stereocenters. The fraction of sp³-hybridized carbons (Fsp3) is 0.333. The Hall–Kier alpha value is -2.62. The zero-order valence-corrected chi connectivity index (χ0v) is 14.8. The second-order valence-corrected chi connectivity index (χ2v) is 6.84. The first-order valence-corrected chi connectivity index (χ1v) is 8.65. The van der Waals surface area contributed by atoms with Crippen LogP contribution in [0.4, 0.5) is 5.69 Å². The average molecular weight is 337 g/mol. The van der Waals surface area contributed by atoms with Crippen molar-refractivity contribution in [3.05, 3.63) is 65.2 Å². The van der Waals surface area contributed by atoms with Gasteiger partial charge in [0.1, 0.15) is 0 Å². The third-order valence-electron chi connectivity index (χ3n) is 4.91. The molecular formula is C21H23NO3. The van der Waals surface area contributed by atoms with E-state index in [4.69, 9.17) is 4.74 Å². The Labute approximate surface area is 148 Å². The first-order chi connectivity index (χ1) is 11.9. The number of ether oxygens (including phenoxy) is 1. The monoisotopic (exact) mass is 337 g/mol. The van der Waals surface area contributed by atoms with Crippen LogP contribution in [0.2, 0.25) is 0 Å². The molecule has 25 heavy (non-hydrogen) atoms. The number of carbonyl (C=O) groups excluding carboxylic acids is 2. The Kier molecular flexibility index (Phi) is 4.62. The van der Waals surface area contributed by atoms with Crippen molar-refractivity contribution in [2.24, 2.45) is 0 Å². The lowest BCUT2D eigenvalue weighted by Gasteiger charge is -2.33. The highest BCUT2D eigenvalue weighted by Crippen LogP contribution is 2.29. The third-order valence-corrected chi connectivity index (χ3v) is 4.91. The van der Waals surface area contributed by atoms with Crippen LogP contribution >= 0.6 is 0 Å². The molecule has 2 aromatic rings. The molecule has 0 saturated heterocycles. The first-order valence-electron chi connectivity index (χ1n) is 8.65. The third kappa shape index (κ3) is 3.43. The minimum absolute atomic E-state index is 0.313. The standard InChI is InChI=1S/C21H23NO3/c1-4-14(2)15-9-11-17(12-10-15)22-20(24)21(3)13-16-7-5-6-8-18(16)19(23)25-21/h5-12,14H,4,13H2,1-3H3,(H,22,24). The molecule has 1 amide bonds. The summed E-state index contributed by atoms with van der Waals surface area (Å²) in [6.45, 7) is 5.98. The smallest absolute Gasteiger partial charge is 0.339 e. The fourth-order valence-electron chi connectivity index (χ4n) is 3.05. The van der Waals surface area contributed by atoms with Gasteiger partial charge >= 0.3 is 5.97 Å². The molecule has 0 bridgehead atoms. The molecular weight excluding hydrogens is 314 g/mol. The van der Waals surface area contributed by atoms with Gasteiger partial charge in [-0.1, -0.05) is 44.2 Å². The molecule has 1 aliphatic rings. The topological polar surface area (TPSA) is 55.4 Å². The molecule has 4 heteroatoms. The summed E-state index contributed by atoms with van der Waals surface area (Å²) in [5, 5.41) is 2.87. The van der Waals surface area contributed by atoms with E-state index >= 15 is 0 Å². The molecule has 4 nitrogen and oxygen atoms in total. The van der Waals surface area contributed by atoms with E-state index in [1.807, 2.05) is 36.4 Å². The van der Waals surface area contributed by atoms with Gasteiger partial charge in [0, 0.05) is 12.1 Å². The summed E-state index contributed by atoms with van der Waals surface area (Å²) in [7, 11) is 0. The van der Waals surface area contributed by atoms with Crippen LogP contribution in [0, 0.1) is 0 Å². The number of amides is 1. The van der Waals surface area contributed by atoms with Crippen LogP contribution in [0.15, 0.2) is 48.5 Å². The highest BCUT2D eigenvalue weighted by Gasteiger charge is 2.42. The van der Waals surface area contributed by atoms with Crippen molar-refractivity contribution in [2.75, 3.05) is 5.32 Å². The number of cyclic esters (lactones) is 1. The molecule has 1 aliphatic heterocycles. The fourth-order valence-corrected chi connectivity index (χ4v) is 3.05. The lowest BCUT2D eigenvalue weighted by molar-refractivity contribution is -0.134. The number of rotatable bonds is 4. The molecule has 0 fully saturated rings. The van der Waals surface area contributed by atoms with Crippen LogP contribution in [0.5, 0.6) is 0 Å². The van der Waals surface area contributed by atoms with Crippen molar-refractivity contribution in [2.45, 2.75) is 45.1 Å². The van der Waals surface area contributed by atoms with E-state index in [0.29, 0.717) is 23.6 Å². The molecule has 1 N–H and O–H groups in total. The Bertz CT molecular complexity index is 797. The van der Waals surface area contributed by atoms with E-state index < -0.39 is 11.6 Å². The summed E-state index contributed by atoms with van der Waals surface area (Å²) in [6, 6.07) is 15.1. The van der Waals surface area contributed by atoms with Crippen LogP contribution in [0.3, 0.4) is 0 Å². The molecule has 130 valence electrons. The number of esters is 1. The highest BCUT2D eigenvalue weighted by atomic mass is 16.6. The molecule has 0 spiro atoms. The molecule has 0 saturated carbocycles. The lowest BCUT2D eigenvalue weighted by Crippen LogP contribution is -2.48. The highest BCUT2D eigenvalue weighted by molar-refractivity contribution is 6.02. The Morgan fingerprint density at radius 3 is 2.56 bits per heavy atom. The van der Waals surface area contributed by atoms with E-state index in [-0.39, 0.29) is 5.91 Å². The summed E-state index contributed by atoms with van der Waals surface area (Å²) in [5.74, 6) is -0.281. The van der Waals surface area contributed by atoms with Gasteiger partial charge in [0.15, 0.2) is 5.60 Å². The van der Waals surface area contributed by atoms with E-state index in [2.05, 4.69) is 19.2 Å². The zero-order chi connectivity index (χ0) is 18.0. The van der Waals surface area contributed by atoms with Crippen molar-refractivity contribution in [1.82, 2.24) is 0 Å². The molecule has 2 aromatic carbocycles. The number of carbonyl (C=O) groups is 2. The number of anilines is 1. The summed E-state index contributed by atoms with van der Waals surface area (Å²) < 4.78 is 5.46. The van der Waals surface area contributed by atoms with Crippen LogP contribution in [-0.2, 0) is 16.0 Å². The van der Waals surface area contributed by atoms with E-state index in [0.717, 1.165) is 12.0 Å². The largest absolute Gasteiger partial charge is 0.445 e. The quantitative estimate of drug-likeness (QED) is 0.846. The van der Waals surface area contributed by atoms with Gasteiger partial charge in [-0.25, -0.2) is 4.79 Å². The molecule has 0 radical (unpaired) electrons. The second kappa shape index (κ2) is 6.71. The van der Waals surface area contributed by atoms with Gasteiger partial charge in [-0.2, -0.15) is 0 Å². The minimum atomic E-state index is -1.21. The van der Waals surface area contributed by atoms with Gasteiger partial charge in [-0.05, 0) is 48.6 Å². The van der Waals surface area contributed by atoms with Crippen molar-refractivity contribution >= 4 is 17.6 Å². The summed E-state index contributed by atoms with van der Waals surface area (Å²) in [5.41, 5.74) is 2.10. The predicted molar refractivity (Wildman–Crippen MR) is 97.7 cm³/mol. The van der Waals surface area contributed by atoms with Crippen LogP contribution < -0.4 is 5.32 Å². The van der Waals surface area contributed by atoms with Crippen molar-refractivity contribution in [3.63, 3.8) is 0 Å². The normalized spacial score (nSPS) is 20.4. The maximum Gasteiger partial charge on any atom is 0.339 e. The number of fused-ring (bicyclic) bond motifs is 1. The van der Waals surface area contributed by atoms with Crippen molar-refractivity contribution < 1.29 is 14.3 Å². The second-order valence-electron chi connectivity index (χ2n) is 6.84. The van der Waals surface area contributed by atoms with E-state index in [9.17, 15) is 9.59 Å². The van der Waals surface area contributed by atoms with Gasteiger partial charge in [0.2, 0.25) is 0 Å². The molecule has 3 rings (SSSR count). The van der Waals surface area contributed by atoms with Gasteiger partial charge < -0.3 is 10.1 Å². The van der Waals surface area contributed by atoms with Crippen molar-refractivity contribution in [3.8, 4) is 0 Å². The van der Waals surface area contributed by atoms with Crippen LogP contribution in [0.25, 0.3) is 0 Å². The zero-order valence-electron chi connectivity index (χ0n) is 14.8. The Morgan fingerprint density at radius 2 is 1.88 bits per heavy atom. The number of hydrogen-bond acceptors (Lipinski definition) is 3. The molecule has 2 atom stereocenters. The molecule has 1 heterocycles. The van der Waals surface area contributed by atoms with E-state index in [1.165, 1.54) is 5.56 Å². The van der Waals surface area contributed by atoms with Gasteiger partial charge in [0.05, 0.1) is 5.56 Å². The van der Waals surface area contributed by atoms with Gasteiger partial charge in [-0.15, -0.1) is 0 Å². The summed E-state index contributed by atoms with van der Waals surface area (Å²) in [4.78, 5) is 24.9. The van der Waals surface area contributed by atoms with E-state index in [1.54, 1.807) is 19.1 Å². The lowest BCUT2D eigenvalue weighted by atomic mass is 9.89. The average Bonchev–Trinajstić information content (AvgIpc) is 2.61. The Morgan fingerprint density at radius 1 is 1.20 bits per heavy atom. The SMILES string of the molecule is CCC(C)c1ccc(NC(=O)C2(C)Cc3ccccc3C(=O)O2)cc1. The predicted octanol–water partition coefficient (Wildman–Crippen LogP) is 4.31. The summed E-state index contributed by atoms with van der Waals surface area (Å²) in [6.07, 6.45) is 1.44. The van der Waals surface area contributed by atoms with Crippen molar-refractivity contribution in [1.29, 1.82) is 0 Å². The van der Waals surface area contributed by atoms with Crippen LogP contribution in [-0.4, -0.2) is 17.5 Å². The maximum absolute atomic E-state index is 12.7. The first kappa shape index (κ1) is 17.2. The number of nitrogens with one attached hydrogen (secondary N) is 1. The number of hydrogen-bond donors (Lipinski definition) is 1. The summed E-state index contributed by atoms with van der Waals surface area (Å²) >= 11 is 0. The number of benzene rings is 2.